The molecule has 0 unspecified atom stereocenters. The molecule has 0 aromatic heterocycles. The topological polar surface area (TPSA) is 40.5 Å². The lowest BCUT2D eigenvalue weighted by Crippen LogP contribution is -2.12. The van der Waals surface area contributed by atoms with E-state index in [2.05, 4.69) is 0 Å². The zero-order valence-electron chi connectivity index (χ0n) is 4.07. The second-order valence-electron chi connectivity index (χ2n) is 1.29. The summed E-state index contributed by atoms with van der Waals surface area (Å²) in [5.41, 5.74) is 0. The second-order valence-corrected chi connectivity index (χ2v) is 2.27. The van der Waals surface area contributed by atoms with Gasteiger partial charge in [-0.1, -0.05) is 6.08 Å². The van der Waals surface area contributed by atoms with Crippen LogP contribution in [0, 0.1) is 0 Å². The van der Waals surface area contributed by atoms with Crippen LogP contribution in [0.25, 0.3) is 0 Å². The van der Waals surface area contributed by atoms with Crippen LogP contribution in [0.3, 0.4) is 0 Å². The Balaban J connectivity index is 2.48. The summed E-state index contributed by atoms with van der Waals surface area (Å²) in [4.78, 5) is 10.1. The lowest BCUT2D eigenvalue weighted by molar-refractivity contribution is 0.184. The lowest BCUT2D eigenvalue weighted by Gasteiger charge is -2.03. The summed E-state index contributed by atoms with van der Waals surface area (Å²) < 4.78 is 1.18. The van der Waals surface area contributed by atoms with E-state index < -0.39 is 6.09 Å². The molecule has 0 saturated heterocycles. The van der Waals surface area contributed by atoms with Crippen molar-refractivity contribution in [1.82, 2.24) is 4.31 Å². The van der Waals surface area contributed by atoms with Gasteiger partial charge in [-0.2, -0.15) is 0 Å². The van der Waals surface area contributed by atoms with Gasteiger partial charge in [-0.25, -0.2) is 9.10 Å². The summed E-state index contributed by atoms with van der Waals surface area (Å²) >= 11 is 1.27. The van der Waals surface area contributed by atoms with E-state index in [-0.39, 0.29) is 0 Å². The minimum absolute atomic E-state index is 0.770. The molecule has 44 valence electrons. The Morgan fingerprint density at radius 2 is 2.62 bits per heavy atom. The van der Waals surface area contributed by atoms with Gasteiger partial charge in [0.25, 0.3) is 0 Å². The maximum atomic E-state index is 10.1. The van der Waals surface area contributed by atoms with Gasteiger partial charge in [-0.15, -0.1) is 0 Å². The second kappa shape index (κ2) is 2.09. The highest BCUT2D eigenvalue weighted by Crippen LogP contribution is 2.16. The molecular formula is C4H5NO2S. The minimum atomic E-state index is -0.899. The van der Waals surface area contributed by atoms with Gasteiger partial charge >= 0.3 is 6.09 Å². The largest absolute Gasteiger partial charge is 0.464 e. The van der Waals surface area contributed by atoms with Crippen LogP contribution in [-0.4, -0.2) is 21.3 Å². The fourth-order valence-corrected chi connectivity index (χ4v) is 1.04. The molecule has 0 bridgehead atoms. The summed E-state index contributed by atoms with van der Waals surface area (Å²) in [6.45, 7) is 0. The molecule has 1 aliphatic rings. The van der Waals surface area contributed by atoms with Crippen LogP contribution in [0.1, 0.15) is 0 Å². The van der Waals surface area contributed by atoms with Gasteiger partial charge in [-0.05, 0) is 11.9 Å². The van der Waals surface area contributed by atoms with Crippen molar-refractivity contribution in [3.05, 3.63) is 12.3 Å². The van der Waals surface area contributed by atoms with Crippen molar-refractivity contribution >= 4 is 18.0 Å². The first-order valence-electron chi connectivity index (χ1n) is 2.12. The Bertz CT molecular complexity index is 134. The Morgan fingerprint density at radius 1 is 1.88 bits per heavy atom. The van der Waals surface area contributed by atoms with E-state index in [0.717, 1.165) is 5.75 Å². The van der Waals surface area contributed by atoms with Crippen molar-refractivity contribution < 1.29 is 9.90 Å². The fraction of sp³-hybridized carbons (Fsp3) is 0.250. The van der Waals surface area contributed by atoms with Crippen LogP contribution in [0.5, 0.6) is 0 Å². The third-order valence-electron chi connectivity index (χ3n) is 0.739. The van der Waals surface area contributed by atoms with Crippen LogP contribution in [0.4, 0.5) is 4.79 Å². The number of amides is 1. The smallest absolute Gasteiger partial charge is 0.421 e. The molecule has 0 aromatic carbocycles. The predicted molar refractivity (Wildman–Crippen MR) is 31.5 cm³/mol. The standard InChI is InChI=1S/C4H5NO2S/c6-4(7)5-2-1-3-8-5/h1-2H,3H2,(H,6,7). The molecule has 1 rings (SSSR count). The molecule has 0 fully saturated rings. The predicted octanol–water partition coefficient (Wildman–Crippen LogP) is 1.14. The van der Waals surface area contributed by atoms with E-state index in [1.54, 1.807) is 12.3 Å². The van der Waals surface area contributed by atoms with E-state index in [1.807, 2.05) is 0 Å². The van der Waals surface area contributed by atoms with E-state index in [4.69, 9.17) is 5.11 Å². The van der Waals surface area contributed by atoms with Crippen LogP contribution < -0.4 is 0 Å². The maximum Gasteiger partial charge on any atom is 0.421 e. The van der Waals surface area contributed by atoms with Crippen molar-refractivity contribution in [3.63, 3.8) is 0 Å². The average molecular weight is 131 g/mol. The van der Waals surface area contributed by atoms with Crippen LogP contribution in [0.15, 0.2) is 12.3 Å². The highest BCUT2D eigenvalue weighted by molar-refractivity contribution is 7.97. The molecule has 0 aliphatic carbocycles. The molecule has 1 amide bonds. The summed E-state index contributed by atoms with van der Waals surface area (Å²) in [6.07, 6.45) is 2.45. The van der Waals surface area contributed by atoms with Crippen LogP contribution >= 0.6 is 11.9 Å². The first-order chi connectivity index (χ1) is 3.80. The van der Waals surface area contributed by atoms with Crippen molar-refractivity contribution in [1.29, 1.82) is 0 Å². The Hall–Kier alpha value is -0.640. The van der Waals surface area contributed by atoms with E-state index in [9.17, 15) is 4.79 Å². The van der Waals surface area contributed by atoms with Crippen LogP contribution in [-0.2, 0) is 0 Å². The molecule has 0 aromatic rings. The summed E-state index contributed by atoms with van der Waals surface area (Å²) in [7, 11) is 0. The number of hydrogen-bond acceptors (Lipinski definition) is 2. The highest BCUT2D eigenvalue weighted by atomic mass is 32.2. The van der Waals surface area contributed by atoms with Gasteiger partial charge in [0.2, 0.25) is 0 Å². The molecule has 1 aliphatic heterocycles. The van der Waals surface area contributed by atoms with Crippen LogP contribution in [0.2, 0.25) is 0 Å². The summed E-state index contributed by atoms with van der Waals surface area (Å²) in [6, 6.07) is 0. The summed E-state index contributed by atoms with van der Waals surface area (Å²) in [5.74, 6) is 0.770. The van der Waals surface area contributed by atoms with Gasteiger partial charge in [0.05, 0.1) is 0 Å². The first-order valence-corrected chi connectivity index (χ1v) is 3.06. The number of carbonyl (C=O) groups is 1. The summed E-state index contributed by atoms with van der Waals surface area (Å²) in [5, 5.41) is 8.27. The Morgan fingerprint density at radius 3 is 2.88 bits per heavy atom. The lowest BCUT2D eigenvalue weighted by atomic mass is 10.7. The third kappa shape index (κ3) is 0.949. The van der Waals surface area contributed by atoms with E-state index >= 15 is 0 Å². The number of rotatable bonds is 0. The zero-order chi connectivity index (χ0) is 5.98. The molecule has 0 atom stereocenters. The van der Waals surface area contributed by atoms with Crippen molar-refractivity contribution in [2.45, 2.75) is 0 Å². The number of nitrogens with zero attached hydrogens (tertiary/aromatic N) is 1. The monoisotopic (exact) mass is 131 g/mol. The molecule has 1 N–H and O–H groups in total. The van der Waals surface area contributed by atoms with Gasteiger partial charge in [0, 0.05) is 12.0 Å². The molecule has 0 radical (unpaired) electrons. The molecule has 0 saturated carbocycles. The number of carboxylic acid groups (broad SMARTS) is 1. The van der Waals surface area contributed by atoms with E-state index in [1.165, 1.54) is 16.3 Å². The number of hydrogen-bond donors (Lipinski definition) is 1. The third-order valence-corrected chi connectivity index (χ3v) is 1.64. The maximum absolute atomic E-state index is 10.1. The first kappa shape index (κ1) is 5.50. The molecule has 0 spiro atoms. The molecular weight excluding hydrogens is 126 g/mol. The van der Waals surface area contributed by atoms with Gasteiger partial charge < -0.3 is 5.11 Å². The molecule has 8 heavy (non-hydrogen) atoms. The zero-order valence-corrected chi connectivity index (χ0v) is 4.89. The Kier molecular flexibility index (Phi) is 1.43. The minimum Gasteiger partial charge on any atom is -0.464 e. The van der Waals surface area contributed by atoms with Crippen molar-refractivity contribution in [2.75, 3.05) is 5.75 Å². The highest BCUT2D eigenvalue weighted by Gasteiger charge is 2.10. The quantitative estimate of drug-likeness (QED) is 0.501. The van der Waals surface area contributed by atoms with Gasteiger partial charge in [0.1, 0.15) is 0 Å². The SMILES string of the molecule is O=C(O)N1C=CCS1. The molecule has 4 heteroatoms. The van der Waals surface area contributed by atoms with E-state index in [0.29, 0.717) is 0 Å². The van der Waals surface area contributed by atoms with Gasteiger partial charge in [-0.3, -0.25) is 0 Å². The molecule has 3 nitrogen and oxygen atoms in total. The van der Waals surface area contributed by atoms with Crippen molar-refractivity contribution in [2.24, 2.45) is 0 Å². The molecule has 1 heterocycles. The normalized spacial score (nSPS) is 17.2. The average Bonchev–Trinajstić information content (AvgIpc) is 2.12. The fourth-order valence-electron chi connectivity index (χ4n) is 0.424. The van der Waals surface area contributed by atoms with Crippen molar-refractivity contribution in [3.8, 4) is 0 Å². The van der Waals surface area contributed by atoms with Gasteiger partial charge in [0.15, 0.2) is 0 Å². The Labute approximate surface area is 51.1 Å².